The molecule has 1 heterocycles. The smallest absolute Gasteiger partial charge is 0.311 e. The van der Waals surface area contributed by atoms with E-state index in [1.807, 2.05) is 35.2 Å². The average molecular weight is 298 g/mol. The first-order valence-electron chi connectivity index (χ1n) is 7.62. The van der Waals surface area contributed by atoms with E-state index in [4.69, 9.17) is 0 Å². The normalized spacial score (nSPS) is 27.8. The van der Waals surface area contributed by atoms with Crippen LogP contribution in [0, 0.1) is 5.92 Å². The van der Waals surface area contributed by atoms with Gasteiger partial charge in [0.2, 0.25) is 0 Å². The lowest BCUT2D eigenvalue weighted by molar-refractivity contribution is -0.140. The van der Waals surface area contributed by atoms with Gasteiger partial charge in [0, 0.05) is 31.7 Å². The zero-order valence-electron chi connectivity index (χ0n) is 11.9. The number of hydrogen-bond acceptors (Lipinski definition) is 2. The van der Waals surface area contributed by atoms with Crippen LogP contribution in [0.5, 0.6) is 0 Å². The molecule has 116 valence electrons. The molecule has 0 amide bonds. The SMILES string of the molecule is FC(F)(F)CCN1CC(C2CC2)NCC1c1ccccc1. The van der Waals surface area contributed by atoms with Crippen LogP contribution in [0.3, 0.4) is 0 Å². The van der Waals surface area contributed by atoms with Crippen LogP contribution in [0.25, 0.3) is 0 Å². The van der Waals surface area contributed by atoms with Crippen LogP contribution in [0.4, 0.5) is 13.2 Å². The molecule has 3 rings (SSSR count). The number of halogens is 3. The minimum absolute atomic E-state index is 0.0450. The Balaban J connectivity index is 1.70. The molecule has 0 radical (unpaired) electrons. The third-order valence-corrected chi connectivity index (χ3v) is 4.50. The largest absolute Gasteiger partial charge is 0.390 e. The molecule has 0 spiro atoms. The summed E-state index contributed by atoms with van der Waals surface area (Å²) < 4.78 is 37.7. The summed E-state index contributed by atoms with van der Waals surface area (Å²) in [6.07, 6.45) is -2.39. The molecular weight excluding hydrogens is 277 g/mol. The predicted molar refractivity (Wildman–Crippen MR) is 75.9 cm³/mol. The van der Waals surface area contributed by atoms with Crippen molar-refractivity contribution < 1.29 is 13.2 Å². The van der Waals surface area contributed by atoms with E-state index in [2.05, 4.69) is 5.32 Å². The minimum Gasteiger partial charge on any atom is -0.311 e. The fourth-order valence-corrected chi connectivity index (χ4v) is 3.17. The highest BCUT2D eigenvalue weighted by Gasteiger charge is 2.38. The molecule has 21 heavy (non-hydrogen) atoms. The predicted octanol–water partition coefficient (Wildman–Crippen LogP) is 3.36. The van der Waals surface area contributed by atoms with Gasteiger partial charge >= 0.3 is 6.18 Å². The fraction of sp³-hybridized carbons (Fsp3) is 0.625. The maximum Gasteiger partial charge on any atom is 0.390 e. The van der Waals surface area contributed by atoms with Crippen molar-refractivity contribution in [1.82, 2.24) is 10.2 Å². The minimum atomic E-state index is -4.08. The van der Waals surface area contributed by atoms with E-state index in [-0.39, 0.29) is 12.6 Å². The Hall–Kier alpha value is -1.07. The van der Waals surface area contributed by atoms with Crippen molar-refractivity contribution in [2.24, 2.45) is 5.92 Å². The van der Waals surface area contributed by atoms with Crippen molar-refractivity contribution in [3.63, 3.8) is 0 Å². The number of nitrogens with zero attached hydrogens (tertiary/aromatic N) is 1. The zero-order chi connectivity index (χ0) is 14.9. The van der Waals surface area contributed by atoms with E-state index in [9.17, 15) is 13.2 Å². The van der Waals surface area contributed by atoms with Crippen LogP contribution >= 0.6 is 0 Å². The number of hydrogen-bond donors (Lipinski definition) is 1. The Bertz CT molecular complexity index is 456. The first-order valence-corrected chi connectivity index (χ1v) is 7.62. The van der Waals surface area contributed by atoms with Gasteiger partial charge in [-0.2, -0.15) is 13.2 Å². The van der Waals surface area contributed by atoms with Crippen LogP contribution in [0.1, 0.15) is 30.9 Å². The Morgan fingerprint density at radius 2 is 1.86 bits per heavy atom. The topological polar surface area (TPSA) is 15.3 Å². The summed E-state index contributed by atoms with van der Waals surface area (Å²) >= 11 is 0. The Morgan fingerprint density at radius 3 is 2.48 bits per heavy atom. The Kier molecular flexibility index (Phi) is 4.22. The second-order valence-electron chi connectivity index (χ2n) is 6.14. The maximum atomic E-state index is 12.6. The van der Waals surface area contributed by atoms with E-state index in [1.54, 1.807) is 0 Å². The molecule has 1 saturated heterocycles. The summed E-state index contributed by atoms with van der Waals surface area (Å²) in [4.78, 5) is 2.02. The van der Waals surface area contributed by atoms with E-state index < -0.39 is 12.6 Å². The molecule has 2 aliphatic rings. The highest BCUT2D eigenvalue weighted by molar-refractivity contribution is 5.20. The van der Waals surface area contributed by atoms with Gasteiger partial charge in [0.05, 0.1) is 6.42 Å². The summed E-state index contributed by atoms with van der Waals surface area (Å²) in [6, 6.07) is 10.2. The average Bonchev–Trinajstić information content (AvgIpc) is 3.30. The molecule has 1 saturated carbocycles. The van der Waals surface area contributed by atoms with Crippen molar-refractivity contribution in [1.29, 1.82) is 0 Å². The van der Waals surface area contributed by atoms with Gasteiger partial charge < -0.3 is 5.32 Å². The van der Waals surface area contributed by atoms with Crippen LogP contribution in [-0.4, -0.2) is 36.8 Å². The molecule has 5 heteroatoms. The highest BCUT2D eigenvalue weighted by atomic mass is 19.4. The molecule has 2 nitrogen and oxygen atoms in total. The molecule has 0 aromatic heterocycles. The van der Waals surface area contributed by atoms with Gasteiger partial charge in [-0.05, 0) is 24.3 Å². The van der Waals surface area contributed by atoms with Crippen LogP contribution in [0.2, 0.25) is 0 Å². The lowest BCUT2D eigenvalue weighted by Crippen LogP contribution is -2.53. The van der Waals surface area contributed by atoms with E-state index in [0.717, 1.165) is 18.7 Å². The molecular formula is C16H21F3N2. The Morgan fingerprint density at radius 1 is 1.14 bits per heavy atom. The molecule has 1 aliphatic carbocycles. The molecule has 1 N–H and O–H groups in total. The van der Waals surface area contributed by atoms with Gasteiger partial charge in [-0.1, -0.05) is 30.3 Å². The standard InChI is InChI=1S/C16H21F3N2/c17-16(18,19)8-9-21-11-14(12-6-7-12)20-10-15(21)13-4-2-1-3-5-13/h1-5,12,14-15,20H,6-11H2. The lowest BCUT2D eigenvalue weighted by atomic mass is 9.99. The van der Waals surface area contributed by atoms with Crippen LogP contribution < -0.4 is 5.32 Å². The van der Waals surface area contributed by atoms with Gasteiger partial charge in [0.15, 0.2) is 0 Å². The van der Waals surface area contributed by atoms with E-state index in [1.165, 1.54) is 12.8 Å². The van der Waals surface area contributed by atoms with Crippen LogP contribution in [0.15, 0.2) is 30.3 Å². The Labute approximate surface area is 123 Å². The molecule has 0 bridgehead atoms. The lowest BCUT2D eigenvalue weighted by Gasteiger charge is -2.41. The molecule has 2 fully saturated rings. The molecule has 1 aromatic carbocycles. The van der Waals surface area contributed by atoms with Crippen molar-refractivity contribution in [3.8, 4) is 0 Å². The summed E-state index contributed by atoms with van der Waals surface area (Å²) in [5.41, 5.74) is 1.10. The monoisotopic (exact) mass is 298 g/mol. The summed E-state index contributed by atoms with van der Waals surface area (Å²) in [6.45, 7) is 1.55. The van der Waals surface area contributed by atoms with Gasteiger partial charge in [-0.15, -0.1) is 0 Å². The van der Waals surface area contributed by atoms with Crippen molar-refractivity contribution >= 4 is 0 Å². The van der Waals surface area contributed by atoms with Gasteiger partial charge in [0.1, 0.15) is 0 Å². The van der Waals surface area contributed by atoms with Gasteiger partial charge in [-0.3, -0.25) is 4.90 Å². The number of piperazine rings is 1. The van der Waals surface area contributed by atoms with Crippen molar-refractivity contribution in [3.05, 3.63) is 35.9 Å². The fourth-order valence-electron chi connectivity index (χ4n) is 3.17. The molecule has 2 unspecified atom stereocenters. The number of nitrogens with one attached hydrogen (secondary N) is 1. The quantitative estimate of drug-likeness (QED) is 0.917. The number of benzene rings is 1. The summed E-state index contributed by atoms with van der Waals surface area (Å²) in [5, 5.41) is 3.53. The first-order chi connectivity index (χ1) is 10.0. The second-order valence-corrected chi connectivity index (χ2v) is 6.14. The van der Waals surface area contributed by atoms with Gasteiger partial charge in [-0.25, -0.2) is 0 Å². The molecule has 2 atom stereocenters. The molecule has 1 aromatic rings. The zero-order valence-corrected chi connectivity index (χ0v) is 11.9. The maximum absolute atomic E-state index is 12.6. The first kappa shape index (κ1) is 14.9. The summed E-state index contributed by atoms with van der Waals surface area (Å²) in [7, 11) is 0. The van der Waals surface area contributed by atoms with Crippen molar-refractivity contribution in [2.75, 3.05) is 19.6 Å². The third kappa shape index (κ3) is 3.98. The summed E-state index contributed by atoms with van der Waals surface area (Å²) in [5.74, 6) is 0.662. The van der Waals surface area contributed by atoms with Crippen LogP contribution in [-0.2, 0) is 0 Å². The molecule has 1 aliphatic heterocycles. The van der Waals surface area contributed by atoms with E-state index >= 15 is 0 Å². The van der Waals surface area contributed by atoms with E-state index in [0.29, 0.717) is 12.0 Å². The second kappa shape index (κ2) is 5.97. The third-order valence-electron chi connectivity index (χ3n) is 4.50. The van der Waals surface area contributed by atoms with Crippen molar-refractivity contribution in [2.45, 2.75) is 37.5 Å². The number of alkyl halides is 3. The highest BCUT2D eigenvalue weighted by Crippen LogP contribution is 2.36. The number of rotatable bonds is 4. The van der Waals surface area contributed by atoms with Gasteiger partial charge in [0.25, 0.3) is 0 Å².